The third-order valence-corrected chi connectivity index (χ3v) is 7.66. The zero-order chi connectivity index (χ0) is 23.3. The van der Waals surface area contributed by atoms with Gasteiger partial charge in [0.05, 0.1) is 11.4 Å². The van der Waals surface area contributed by atoms with Crippen LogP contribution in [0.4, 0.5) is 5.69 Å². The van der Waals surface area contributed by atoms with Crippen LogP contribution in [0.3, 0.4) is 0 Å². The fourth-order valence-corrected chi connectivity index (χ4v) is 5.10. The number of carbonyl (C=O) groups is 1. The van der Waals surface area contributed by atoms with E-state index >= 15 is 0 Å². The molecule has 9 heteroatoms. The molecule has 0 bridgehead atoms. The largest absolute Gasteiger partial charge is 0.486 e. The molecular formula is C24H31N3O5S. The lowest BCUT2D eigenvalue weighted by Gasteiger charge is -2.25. The van der Waals surface area contributed by atoms with E-state index in [1.54, 1.807) is 25.1 Å². The van der Waals surface area contributed by atoms with Crippen LogP contribution >= 0.6 is 0 Å². The van der Waals surface area contributed by atoms with Gasteiger partial charge in [-0.25, -0.2) is 8.42 Å². The minimum atomic E-state index is -3.66. The Kier molecular flexibility index (Phi) is 7.39. The second-order valence-corrected chi connectivity index (χ2v) is 10.5. The Morgan fingerprint density at radius 1 is 1.00 bits per heavy atom. The Hall–Kier alpha value is -2.78. The maximum atomic E-state index is 12.7. The highest BCUT2D eigenvalue weighted by molar-refractivity contribution is 7.92. The highest BCUT2D eigenvalue weighted by Crippen LogP contribution is 2.34. The lowest BCUT2D eigenvalue weighted by atomic mass is 10.1. The Morgan fingerprint density at radius 3 is 2.36 bits per heavy atom. The number of likely N-dealkylation sites (tertiary alicyclic amines) is 1. The van der Waals surface area contributed by atoms with Crippen LogP contribution in [0.5, 0.6) is 11.5 Å². The molecule has 1 saturated heterocycles. The van der Waals surface area contributed by atoms with Gasteiger partial charge in [0.1, 0.15) is 19.8 Å². The molecule has 0 atom stereocenters. The van der Waals surface area contributed by atoms with Crippen molar-refractivity contribution in [2.24, 2.45) is 0 Å². The van der Waals surface area contributed by atoms with E-state index < -0.39 is 10.0 Å². The first-order valence-electron chi connectivity index (χ1n) is 11.4. The number of carbonyl (C=O) groups excluding carboxylic acids is 1. The molecule has 0 unspecified atom stereocenters. The number of fused-ring (bicyclic) bond motifs is 1. The maximum absolute atomic E-state index is 12.7. The second kappa shape index (κ2) is 10.4. The lowest BCUT2D eigenvalue weighted by molar-refractivity contribution is -0.119. The van der Waals surface area contributed by atoms with E-state index in [-0.39, 0.29) is 18.2 Å². The molecule has 0 spiro atoms. The van der Waals surface area contributed by atoms with Crippen LogP contribution in [-0.4, -0.2) is 57.8 Å². The zero-order valence-corrected chi connectivity index (χ0v) is 19.8. The molecule has 2 aliphatic heterocycles. The van der Waals surface area contributed by atoms with E-state index in [0.717, 1.165) is 29.5 Å². The molecule has 2 aromatic rings. The molecule has 0 aromatic heterocycles. The summed E-state index contributed by atoms with van der Waals surface area (Å²) in [5.74, 6) is 0.553. The summed E-state index contributed by atoms with van der Waals surface area (Å²) < 4.78 is 37.7. The second-order valence-electron chi connectivity index (χ2n) is 8.31. The standard InChI is InChI=1S/C24H31N3O5S/c1-2-33(29,30)27(21-9-10-22-23(15-21)32-14-13-31-22)18-24(28)25-16-19-5-7-20(8-6-19)17-26-11-3-4-12-26/h5-10,15H,2-4,11-14,16-18H2,1H3,(H,25,28). The van der Waals surface area contributed by atoms with Gasteiger partial charge in [-0.1, -0.05) is 24.3 Å². The van der Waals surface area contributed by atoms with Crippen LogP contribution in [0.15, 0.2) is 42.5 Å². The summed E-state index contributed by atoms with van der Waals surface area (Å²) in [7, 11) is -3.66. The zero-order valence-electron chi connectivity index (χ0n) is 19.0. The number of hydrogen-bond acceptors (Lipinski definition) is 6. The summed E-state index contributed by atoms with van der Waals surface area (Å²) >= 11 is 0. The summed E-state index contributed by atoms with van der Waals surface area (Å²) in [5, 5.41) is 2.84. The van der Waals surface area contributed by atoms with E-state index in [0.29, 0.717) is 36.9 Å². The van der Waals surface area contributed by atoms with Crippen molar-refractivity contribution in [1.82, 2.24) is 10.2 Å². The molecular weight excluding hydrogens is 442 g/mol. The third-order valence-electron chi connectivity index (χ3n) is 5.92. The average Bonchev–Trinajstić information content (AvgIpc) is 3.35. The summed E-state index contributed by atoms with van der Waals surface area (Å²) in [6, 6.07) is 13.1. The highest BCUT2D eigenvalue weighted by atomic mass is 32.2. The molecule has 0 radical (unpaired) electrons. The number of rotatable bonds is 9. The topological polar surface area (TPSA) is 88.2 Å². The smallest absolute Gasteiger partial charge is 0.241 e. The molecule has 2 aromatic carbocycles. The summed E-state index contributed by atoms with van der Waals surface area (Å²) in [6.07, 6.45) is 2.53. The van der Waals surface area contributed by atoms with Gasteiger partial charge in [-0.3, -0.25) is 14.0 Å². The van der Waals surface area contributed by atoms with E-state index in [2.05, 4.69) is 22.3 Å². The molecule has 4 rings (SSSR count). The molecule has 1 fully saturated rings. The number of nitrogens with zero attached hydrogens (tertiary/aromatic N) is 2. The lowest BCUT2D eigenvalue weighted by Crippen LogP contribution is -2.41. The third kappa shape index (κ3) is 5.97. The Labute approximate surface area is 195 Å². The van der Waals surface area contributed by atoms with E-state index in [1.165, 1.54) is 18.4 Å². The van der Waals surface area contributed by atoms with Crippen LogP contribution in [-0.2, 0) is 27.9 Å². The van der Waals surface area contributed by atoms with Gasteiger partial charge in [-0.2, -0.15) is 0 Å². The van der Waals surface area contributed by atoms with Crippen LogP contribution in [0.2, 0.25) is 0 Å². The number of amides is 1. The number of ether oxygens (including phenoxy) is 2. The summed E-state index contributed by atoms with van der Waals surface area (Å²) in [4.78, 5) is 15.1. The molecule has 2 heterocycles. The summed E-state index contributed by atoms with van der Waals surface area (Å²) in [5.41, 5.74) is 2.60. The van der Waals surface area contributed by atoms with Crippen molar-refractivity contribution in [3.05, 3.63) is 53.6 Å². The van der Waals surface area contributed by atoms with Crippen molar-refractivity contribution in [2.75, 3.05) is 42.9 Å². The Bertz CT molecular complexity index is 1070. The minimum Gasteiger partial charge on any atom is -0.486 e. The summed E-state index contributed by atoms with van der Waals surface area (Å²) in [6.45, 7) is 5.69. The van der Waals surface area contributed by atoms with Crippen molar-refractivity contribution in [3.8, 4) is 11.5 Å². The Morgan fingerprint density at radius 2 is 1.67 bits per heavy atom. The van der Waals surface area contributed by atoms with E-state index in [9.17, 15) is 13.2 Å². The number of sulfonamides is 1. The number of hydrogen-bond donors (Lipinski definition) is 1. The average molecular weight is 474 g/mol. The van der Waals surface area contributed by atoms with Crippen LogP contribution < -0.4 is 19.1 Å². The van der Waals surface area contributed by atoms with Gasteiger partial charge in [0, 0.05) is 19.2 Å². The first-order chi connectivity index (χ1) is 15.9. The number of nitrogens with one attached hydrogen (secondary N) is 1. The predicted octanol–water partition coefficient (Wildman–Crippen LogP) is 2.53. The van der Waals surface area contributed by atoms with Gasteiger partial charge in [-0.15, -0.1) is 0 Å². The fourth-order valence-electron chi connectivity index (χ4n) is 4.04. The molecule has 1 N–H and O–H groups in total. The highest BCUT2D eigenvalue weighted by Gasteiger charge is 2.25. The van der Waals surface area contributed by atoms with Gasteiger partial charge in [0.15, 0.2) is 11.5 Å². The van der Waals surface area contributed by atoms with Gasteiger partial charge in [0.2, 0.25) is 15.9 Å². The predicted molar refractivity (Wildman–Crippen MR) is 127 cm³/mol. The van der Waals surface area contributed by atoms with Gasteiger partial charge < -0.3 is 14.8 Å². The van der Waals surface area contributed by atoms with Crippen LogP contribution in [0.25, 0.3) is 0 Å². The van der Waals surface area contributed by atoms with E-state index in [4.69, 9.17) is 9.47 Å². The van der Waals surface area contributed by atoms with Crippen LogP contribution in [0.1, 0.15) is 30.9 Å². The molecule has 2 aliphatic rings. The minimum absolute atomic E-state index is 0.118. The van der Waals surface area contributed by atoms with Crippen molar-refractivity contribution in [2.45, 2.75) is 32.9 Å². The van der Waals surface area contributed by atoms with Gasteiger partial charge in [0.25, 0.3) is 0 Å². The monoisotopic (exact) mass is 473 g/mol. The number of benzene rings is 2. The molecule has 8 nitrogen and oxygen atoms in total. The normalized spacial score (nSPS) is 15.9. The van der Waals surface area contributed by atoms with Crippen molar-refractivity contribution >= 4 is 21.6 Å². The molecule has 33 heavy (non-hydrogen) atoms. The fraction of sp³-hybridized carbons (Fsp3) is 0.458. The van der Waals surface area contributed by atoms with E-state index in [1.807, 2.05) is 12.1 Å². The van der Waals surface area contributed by atoms with Crippen molar-refractivity contribution in [3.63, 3.8) is 0 Å². The first-order valence-corrected chi connectivity index (χ1v) is 13.0. The number of anilines is 1. The first kappa shape index (κ1) is 23.4. The van der Waals surface area contributed by atoms with Crippen molar-refractivity contribution < 1.29 is 22.7 Å². The van der Waals surface area contributed by atoms with Crippen LogP contribution in [0, 0.1) is 0 Å². The maximum Gasteiger partial charge on any atom is 0.241 e. The quantitative estimate of drug-likeness (QED) is 0.602. The molecule has 0 aliphatic carbocycles. The van der Waals surface area contributed by atoms with Crippen molar-refractivity contribution in [1.29, 1.82) is 0 Å². The Balaban J connectivity index is 1.38. The molecule has 1 amide bonds. The van der Waals surface area contributed by atoms with Gasteiger partial charge >= 0.3 is 0 Å². The van der Waals surface area contributed by atoms with Gasteiger partial charge in [-0.05, 0) is 56.1 Å². The SMILES string of the molecule is CCS(=O)(=O)N(CC(=O)NCc1ccc(CN2CCCC2)cc1)c1ccc2c(c1)OCCO2. The molecule has 178 valence electrons. The molecule has 0 saturated carbocycles.